The Hall–Kier alpha value is -2.04. The number of amides is 3. The molecule has 1 aromatic carbocycles. The van der Waals surface area contributed by atoms with E-state index < -0.39 is 6.04 Å². The maximum atomic E-state index is 12.3. The van der Waals surface area contributed by atoms with Gasteiger partial charge in [0.2, 0.25) is 5.91 Å². The molecule has 2 N–H and O–H groups in total. The maximum absolute atomic E-state index is 12.3. The number of urea groups is 1. The summed E-state index contributed by atoms with van der Waals surface area (Å²) in [5.74, 6) is -0.0458. The zero-order chi connectivity index (χ0) is 14.5. The van der Waals surface area contributed by atoms with E-state index in [1.165, 1.54) is 0 Å². The summed E-state index contributed by atoms with van der Waals surface area (Å²) >= 11 is 0. The van der Waals surface area contributed by atoms with Crippen LogP contribution in [0.5, 0.6) is 0 Å². The van der Waals surface area contributed by atoms with Crippen LogP contribution in [-0.2, 0) is 4.79 Å². The van der Waals surface area contributed by atoms with Gasteiger partial charge in [0, 0.05) is 18.3 Å². The lowest BCUT2D eigenvalue weighted by Crippen LogP contribution is -2.48. The Kier molecular flexibility index (Phi) is 4.61. The second-order valence-corrected chi connectivity index (χ2v) is 5.09. The standard InChI is InChI=1S/C15H21N3O2/c1-3-11(2)16-15(20)17-13-9-10-18(14(13)19)12-7-5-4-6-8-12/h4-8,11,13H,3,9-10H2,1-2H3,(H2,16,17,20)/t11-,13-/m1/s1. The summed E-state index contributed by atoms with van der Waals surface area (Å²) in [6.07, 6.45) is 1.50. The van der Waals surface area contributed by atoms with E-state index in [4.69, 9.17) is 0 Å². The van der Waals surface area contributed by atoms with Crippen molar-refractivity contribution in [1.82, 2.24) is 10.6 Å². The number of nitrogens with one attached hydrogen (secondary N) is 2. The van der Waals surface area contributed by atoms with Crippen molar-refractivity contribution in [3.05, 3.63) is 30.3 Å². The van der Waals surface area contributed by atoms with E-state index in [9.17, 15) is 9.59 Å². The topological polar surface area (TPSA) is 61.4 Å². The van der Waals surface area contributed by atoms with Crippen LogP contribution in [0.4, 0.5) is 10.5 Å². The maximum Gasteiger partial charge on any atom is 0.315 e. The Morgan fingerprint density at radius 3 is 2.75 bits per heavy atom. The SMILES string of the molecule is CC[C@@H](C)NC(=O)N[C@@H]1CCN(c2ccccc2)C1=O. The molecule has 0 aromatic heterocycles. The molecule has 20 heavy (non-hydrogen) atoms. The highest BCUT2D eigenvalue weighted by atomic mass is 16.2. The van der Waals surface area contributed by atoms with E-state index in [1.54, 1.807) is 4.90 Å². The smallest absolute Gasteiger partial charge is 0.315 e. The molecule has 108 valence electrons. The Bertz CT molecular complexity index is 475. The molecule has 1 aliphatic heterocycles. The fourth-order valence-electron chi connectivity index (χ4n) is 2.20. The molecule has 0 spiro atoms. The number of rotatable bonds is 4. The summed E-state index contributed by atoms with van der Waals surface area (Å²) in [4.78, 5) is 25.8. The van der Waals surface area contributed by atoms with Gasteiger partial charge in [0.05, 0.1) is 0 Å². The van der Waals surface area contributed by atoms with E-state index in [-0.39, 0.29) is 18.0 Å². The summed E-state index contributed by atoms with van der Waals surface area (Å²) in [5, 5.41) is 5.56. The number of para-hydroxylation sites is 1. The number of carbonyl (C=O) groups excluding carboxylic acids is 2. The van der Waals surface area contributed by atoms with Crippen molar-refractivity contribution in [3.8, 4) is 0 Å². The molecule has 0 bridgehead atoms. The van der Waals surface area contributed by atoms with Gasteiger partial charge in [0.25, 0.3) is 0 Å². The lowest BCUT2D eigenvalue weighted by atomic mass is 10.2. The molecule has 1 aromatic rings. The highest BCUT2D eigenvalue weighted by molar-refractivity contribution is 6.01. The highest BCUT2D eigenvalue weighted by Gasteiger charge is 2.33. The van der Waals surface area contributed by atoms with Gasteiger partial charge in [0.15, 0.2) is 0 Å². The van der Waals surface area contributed by atoms with Gasteiger partial charge in [-0.3, -0.25) is 4.79 Å². The monoisotopic (exact) mass is 275 g/mol. The van der Waals surface area contributed by atoms with E-state index in [0.29, 0.717) is 13.0 Å². The molecule has 1 saturated heterocycles. The fraction of sp³-hybridized carbons (Fsp3) is 0.467. The van der Waals surface area contributed by atoms with E-state index in [0.717, 1.165) is 12.1 Å². The molecule has 0 unspecified atom stereocenters. The summed E-state index contributed by atoms with van der Waals surface area (Å²) in [6, 6.07) is 8.93. The fourth-order valence-corrected chi connectivity index (χ4v) is 2.20. The van der Waals surface area contributed by atoms with Crippen LogP contribution in [0.2, 0.25) is 0 Å². The summed E-state index contributed by atoms with van der Waals surface area (Å²) in [7, 11) is 0. The first kappa shape index (κ1) is 14.4. The molecule has 5 heteroatoms. The molecule has 2 rings (SSSR count). The van der Waals surface area contributed by atoms with Gasteiger partial charge in [-0.05, 0) is 31.9 Å². The highest BCUT2D eigenvalue weighted by Crippen LogP contribution is 2.20. The number of hydrogen-bond donors (Lipinski definition) is 2. The molecule has 3 amide bonds. The van der Waals surface area contributed by atoms with Gasteiger partial charge in [-0.25, -0.2) is 4.79 Å². The Morgan fingerprint density at radius 1 is 1.40 bits per heavy atom. The number of nitrogens with zero attached hydrogens (tertiary/aromatic N) is 1. The van der Waals surface area contributed by atoms with Crippen molar-refractivity contribution in [3.63, 3.8) is 0 Å². The van der Waals surface area contributed by atoms with E-state index in [2.05, 4.69) is 10.6 Å². The molecule has 1 aliphatic rings. The van der Waals surface area contributed by atoms with Crippen molar-refractivity contribution in [2.24, 2.45) is 0 Å². The number of hydrogen-bond acceptors (Lipinski definition) is 2. The number of benzene rings is 1. The van der Waals surface area contributed by atoms with Gasteiger partial charge in [-0.1, -0.05) is 25.1 Å². The molecule has 0 saturated carbocycles. The summed E-state index contributed by atoms with van der Waals surface area (Å²) < 4.78 is 0. The summed E-state index contributed by atoms with van der Waals surface area (Å²) in [5.41, 5.74) is 0.879. The third-order valence-electron chi connectivity index (χ3n) is 3.57. The molecule has 5 nitrogen and oxygen atoms in total. The van der Waals surface area contributed by atoms with Crippen LogP contribution in [0.15, 0.2) is 30.3 Å². The minimum Gasteiger partial charge on any atom is -0.336 e. The molecular formula is C15H21N3O2. The zero-order valence-corrected chi connectivity index (χ0v) is 11.9. The summed E-state index contributed by atoms with van der Waals surface area (Å²) in [6.45, 7) is 4.58. The first-order chi connectivity index (χ1) is 9.61. The predicted molar refractivity (Wildman–Crippen MR) is 78.6 cm³/mol. The van der Waals surface area contributed by atoms with Crippen molar-refractivity contribution in [1.29, 1.82) is 0 Å². The van der Waals surface area contributed by atoms with Crippen LogP contribution in [0.3, 0.4) is 0 Å². The lowest BCUT2D eigenvalue weighted by molar-refractivity contribution is -0.118. The van der Waals surface area contributed by atoms with Crippen molar-refractivity contribution < 1.29 is 9.59 Å². The van der Waals surface area contributed by atoms with Gasteiger partial charge >= 0.3 is 6.03 Å². The number of anilines is 1. The normalized spacial score (nSPS) is 19.8. The molecule has 1 fully saturated rings. The van der Waals surface area contributed by atoms with Crippen LogP contribution in [0.1, 0.15) is 26.7 Å². The number of carbonyl (C=O) groups is 2. The second kappa shape index (κ2) is 6.41. The van der Waals surface area contributed by atoms with Gasteiger partial charge in [-0.2, -0.15) is 0 Å². The minimum atomic E-state index is -0.431. The Balaban J connectivity index is 1.93. The predicted octanol–water partition coefficient (Wildman–Crippen LogP) is 1.89. The molecule has 0 radical (unpaired) electrons. The first-order valence-corrected chi connectivity index (χ1v) is 7.05. The average molecular weight is 275 g/mol. The van der Waals surface area contributed by atoms with Crippen LogP contribution in [-0.4, -0.2) is 30.6 Å². The Morgan fingerprint density at radius 2 is 2.10 bits per heavy atom. The molecule has 0 aliphatic carbocycles. The molecule has 1 heterocycles. The molecular weight excluding hydrogens is 254 g/mol. The quantitative estimate of drug-likeness (QED) is 0.881. The van der Waals surface area contributed by atoms with Crippen molar-refractivity contribution in [2.45, 2.75) is 38.8 Å². The third kappa shape index (κ3) is 3.29. The van der Waals surface area contributed by atoms with Crippen LogP contribution in [0, 0.1) is 0 Å². The van der Waals surface area contributed by atoms with E-state index >= 15 is 0 Å². The lowest BCUT2D eigenvalue weighted by Gasteiger charge is -2.18. The van der Waals surface area contributed by atoms with Gasteiger partial charge in [-0.15, -0.1) is 0 Å². The van der Waals surface area contributed by atoms with Crippen molar-refractivity contribution >= 4 is 17.6 Å². The second-order valence-electron chi connectivity index (χ2n) is 5.09. The van der Waals surface area contributed by atoms with E-state index in [1.807, 2.05) is 44.2 Å². The van der Waals surface area contributed by atoms with Crippen LogP contribution in [0.25, 0.3) is 0 Å². The van der Waals surface area contributed by atoms with Crippen LogP contribution >= 0.6 is 0 Å². The largest absolute Gasteiger partial charge is 0.336 e. The van der Waals surface area contributed by atoms with Crippen molar-refractivity contribution in [2.75, 3.05) is 11.4 Å². The van der Waals surface area contributed by atoms with Gasteiger partial charge < -0.3 is 15.5 Å². The zero-order valence-electron chi connectivity index (χ0n) is 11.9. The minimum absolute atomic E-state index is 0.0458. The first-order valence-electron chi connectivity index (χ1n) is 7.05. The molecule has 2 atom stereocenters. The van der Waals surface area contributed by atoms with Gasteiger partial charge in [0.1, 0.15) is 6.04 Å². The Labute approximate surface area is 119 Å². The third-order valence-corrected chi connectivity index (χ3v) is 3.57. The average Bonchev–Trinajstić information content (AvgIpc) is 2.81. The van der Waals surface area contributed by atoms with Crippen LogP contribution < -0.4 is 15.5 Å².